The molecule has 3 amide bonds. The SMILES string of the molecule is Cc1ccc(C(=O)Nc2ccon2)cc1N(C(=N)c1[nH]cc(C(=O)NC2CC2)c1C)C(=O)OCOC(=O)C(C)O. The summed E-state index contributed by atoms with van der Waals surface area (Å²) in [4.78, 5) is 54.1. The normalized spacial score (nSPS) is 13.2. The molecule has 1 aliphatic carbocycles. The number of hydrogen-bond acceptors (Lipinski definition) is 10. The Morgan fingerprint density at radius 1 is 1.20 bits per heavy atom. The quantitative estimate of drug-likeness (QED) is 0.114. The molecule has 0 spiro atoms. The van der Waals surface area contributed by atoms with Gasteiger partial charge in [-0.25, -0.2) is 14.5 Å². The molecular weight excluding hydrogens is 524 g/mol. The number of carbonyl (C=O) groups excluding carboxylic acids is 4. The van der Waals surface area contributed by atoms with Gasteiger partial charge < -0.3 is 34.7 Å². The zero-order valence-corrected chi connectivity index (χ0v) is 21.9. The van der Waals surface area contributed by atoms with Crippen molar-refractivity contribution in [3.8, 4) is 0 Å². The Labute approximate surface area is 228 Å². The van der Waals surface area contributed by atoms with Gasteiger partial charge in [-0.1, -0.05) is 11.2 Å². The predicted molar refractivity (Wildman–Crippen MR) is 140 cm³/mol. The van der Waals surface area contributed by atoms with E-state index in [4.69, 9.17) is 19.4 Å². The second kappa shape index (κ2) is 11.8. The fraction of sp³-hybridized carbons (Fsp3) is 0.308. The standard InChI is InChI=1S/C26H28N6O8/c1-13-4-5-16(23(34)30-20-8-9-40-31-20)10-19(13)32(26(37)39-12-38-25(36)15(3)33)22(27)21-14(2)18(11-28-21)24(35)29-17-6-7-17/h4-5,8-11,15,17,27-28,33H,6-7,12H2,1-3H3,(H,29,35)(H,30,31,34). The maximum absolute atomic E-state index is 13.3. The number of aromatic nitrogens is 2. The van der Waals surface area contributed by atoms with E-state index < -0.39 is 36.7 Å². The van der Waals surface area contributed by atoms with Gasteiger partial charge >= 0.3 is 12.1 Å². The van der Waals surface area contributed by atoms with Crippen molar-refractivity contribution in [3.63, 3.8) is 0 Å². The van der Waals surface area contributed by atoms with E-state index in [-0.39, 0.29) is 34.7 Å². The molecule has 2 aromatic heterocycles. The van der Waals surface area contributed by atoms with Crippen molar-refractivity contribution in [2.75, 3.05) is 17.0 Å². The molecule has 1 unspecified atom stereocenters. The lowest BCUT2D eigenvalue weighted by molar-refractivity contribution is -0.160. The maximum atomic E-state index is 13.3. The van der Waals surface area contributed by atoms with Crippen LogP contribution in [0, 0.1) is 19.3 Å². The smallest absolute Gasteiger partial charge is 0.423 e. The number of aliphatic hydroxyl groups is 1. The molecule has 14 heteroatoms. The van der Waals surface area contributed by atoms with E-state index in [1.54, 1.807) is 19.9 Å². The Morgan fingerprint density at radius 3 is 2.60 bits per heavy atom. The zero-order chi connectivity index (χ0) is 29.0. The van der Waals surface area contributed by atoms with Gasteiger partial charge in [-0.3, -0.25) is 15.0 Å². The van der Waals surface area contributed by atoms with E-state index in [2.05, 4.69) is 20.8 Å². The van der Waals surface area contributed by atoms with Gasteiger partial charge in [-0.05, 0) is 56.9 Å². The van der Waals surface area contributed by atoms with Gasteiger partial charge in [0.2, 0.25) is 6.79 Å². The summed E-state index contributed by atoms with van der Waals surface area (Å²) in [5, 5.41) is 27.3. The highest BCUT2D eigenvalue weighted by Gasteiger charge is 2.31. The van der Waals surface area contributed by atoms with Gasteiger partial charge in [0.15, 0.2) is 11.7 Å². The van der Waals surface area contributed by atoms with Crippen LogP contribution in [0.15, 0.2) is 41.2 Å². The van der Waals surface area contributed by atoms with Crippen LogP contribution in [-0.4, -0.2) is 63.9 Å². The fourth-order valence-corrected chi connectivity index (χ4v) is 3.67. The number of nitrogens with one attached hydrogen (secondary N) is 4. The van der Waals surface area contributed by atoms with Crippen molar-refractivity contribution in [2.45, 2.75) is 45.8 Å². The van der Waals surface area contributed by atoms with E-state index >= 15 is 0 Å². The summed E-state index contributed by atoms with van der Waals surface area (Å²) < 4.78 is 14.5. The number of H-pyrrole nitrogens is 1. The Bertz CT molecular complexity index is 1440. The Balaban J connectivity index is 1.66. The minimum Gasteiger partial charge on any atom is -0.426 e. The van der Waals surface area contributed by atoms with Crippen molar-refractivity contribution in [1.29, 1.82) is 5.41 Å². The lowest BCUT2D eigenvalue weighted by Gasteiger charge is -2.25. The molecule has 210 valence electrons. The van der Waals surface area contributed by atoms with Crippen molar-refractivity contribution in [1.82, 2.24) is 15.5 Å². The highest BCUT2D eigenvalue weighted by Crippen LogP contribution is 2.27. The molecule has 1 saturated carbocycles. The molecule has 0 saturated heterocycles. The van der Waals surface area contributed by atoms with Crippen LogP contribution in [0.25, 0.3) is 0 Å². The first kappa shape index (κ1) is 28.0. The number of rotatable bonds is 9. The molecule has 5 N–H and O–H groups in total. The number of carbonyl (C=O) groups is 4. The van der Waals surface area contributed by atoms with Crippen LogP contribution in [0.3, 0.4) is 0 Å². The zero-order valence-electron chi connectivity index (χ0n) is 21.9. The van der Waals surface area contributed by atoms with Crippen LogP contribution in [0.2, 0.25) is 0 Å². The van der Waals surface area contributed by atoms with Gasteiger partial charge in [0, 0.05) is 23.9 Å². The number of amides is 3. The average molecular weight is 553 g/mol. The molecule has 1 aliphatic rings. The number of nitrogens with zero attached hydrogens (tertiary/aromatic N) is 2. The number of ether oxygens (including phenoxy) is 2. The van der Waals surface area contributed by atoms with E-state index in [1.807, 2.05) is 0 Å². The molecule has 2 heterocycles. The Morgan fingerprint density at radius 2 is 1.95 bits per heavy atom. The first-order valence-corrected chi connectivity index (χ1v) is 12.3. The summed E-state index contributed by atoms with van der Waals surface area (Å²) in [7, 11) is 0. The Kier molecular flexibility index (Phi) is 8.29. The Hall–Kier alpha value is -4.98. The summed E-state index contributed by atoms with van der Waals surface area (Å²) in [5.41, 5.74) is 1.61. The molecule has 1 atom stereocenters. The van der Waals surface area contributed by atoms with E-state index in [0.717, 1.165) is 17.7 Å². The molecule has 4 rings (SSSR count). The lowest BCUT2D eigenvalue weighted by atomic mass is 10.1. The third-order valence-electron chi connectivity index (χ3n) is 6.06. The first-order chi connectivity index (χ1) is 19.1. The predicted octanol–water partition coefficient (Wildman–Crippen LogP) is 2.61. The average Bonchev–Trinajstić information content (AvgIpc) is 3.40. The van der Waals surface area contributed by atoms with E-state index in [1.165, 1.54) is 37.6 Å². The number of anilines is 2. The molecule has 1 aromatic carbocycles. The van der Waals surface area contributed by atoms with Crippen molar-refractivity contribution in [3.05, 3.63) is 64.7 Å². The number of aromatic amines is 1. The summed E-state index contributed by atoms with van der Waals surface area (Å²) in [6.45, 7) is 3.64. The van der Waals surface area contributed by atoms with E-state index in [9.17, 15) is 24.3 Å². The number of benzene rings is 1. The highest BCUT2D eigenvalue weighted by molar-refractivity contribution is 6.21. The summed E-state index contributed by atoms with van der Waals surface area (Å²) in [6.07, 6.45) is 1.99. The number of esters is 1. The summed E-state index contributed by atoms with van der Waals surface area (Å²) in [5.74, 6) is -2.10. The highest BCUT2D eigenvalue weighted by atomic mass is 16.7. The summed E-state index contributed by atoms with van der Waals surface area (Å²) in [6, 6.07) is 6.04. The third kappa shape index (κ3) is 6.35. The number of aliphatic hydroxyl groups excluding tert-OH is 1. The largest absolute Gasteiger partial charge is 0.426 e. The molecule has 0 bridgehead atoms. The number of amidine groups is 1. The van der Waals surface area contributed by atoms with Crippen molar-refractivity contribution < 1.29 is 38.3 Å². The van der Waals surface area contributed by atoms with Crippen molar-refractivity contribution in [2.24, 2.45) is 0 Å². The minimum absolute atomic E-state index is 0.114. The van der Waals surface area contributed by atoms with Gasteiger partial charge in [0.1, 0.15) is 12.4 Å². The maximum Gasteiger partial charge on any atom is 0.423 e. The molecule has 3 aromatic rings. The molecule has 40 heavy (non-hydrogen) atoms. The van der Waals surface area contributed by atoms with Gasteiger partial charge in [0.25, 0.3) is 11.8 Å². The number of hydrogen-bond donors (Lipinski definition) is 5. The molecule has 14 nitrogen and oxygen atoms in total. The van der Waals surface area contributed by atoms with Crippen LogP contribution >= 0.6 is 0 Å². The van der Waals surface area contributed by atoms with Crippen molar-refractivity contribution >= 4 is 41.2 Å². The molecular formula is C26H28N6O8. The molecule has 1 fully saturated rings. The topological polar surface area (TPSA) is 200 Å². The molecule has 0 radical (unpaired) electrons. The van der Waals surface area contributed by atoms with Gasteiger partial charge in [-0.15, -0.1) is 0 Å². The molecule has 0 aliphatic heterocycles. The number of aryl methyl sites for hydroxylation is 1. The first-order valence-electron chi connectivity index (χ1n) is 12.3. The van der Waals surface area contributed by atoms with Crippen LogP contribution in [0.5, 0.6) is 0 Å². The van der Waals surface area contributed by atoms with Gasteiger partial charge in [0.05, 0.1) is 16.9 Å². The lowest BCUT2D eigenvalue weighted by Crippen LogP contribution is -2.39. The second-order valence-corrected chi connectivity index (χ2v) is 9.14. The van der Waals surface area contributed by atoms with Crippen LogP contribution < -0.4 is 15.5 Å². The van der Waals surface area contributed by atoms with Crippen LogP contribution in [-0.2, 0) is 14.3 Å². The van der Waals surface area contributed by atoms with Crippen LogP contribution in [0.4, 0.5) is 16.3 Å². The van der Waals surface area contributed by atoms with Gasteiger partial charge in [-0.2, -0.15) is 0 Å². The van der Waals surface area contributed by atoms with E-state index in [0.29, 0.717) is 16.7 Å². The fourth-order valence-electron chi connectivity index (χ4n) is 3.67. The monoisotopic (exact) mass is 552 g/mol. The third-order valence-corrected chi connectivity index (χ3v) is 6.06. The second-order valence-electron chi connectivity index (χ2n) is 9.14. The minimum atomic E-state index is -1.43. The summed E-state index contributed by atoms with van der Waals surface area (Å²) >= 11 is 0. The van der Waals surface area contributed by atoms with Crippen LogP contribution in [0.1, 0.15) is 57.3 Å².